The monoisotopic (exact) mass is 264 g/mol. The first kappa shape index (κ1) is 13.7. The molecule has 0 radical (unpaired) electrons. The Hall–Kier alpha value is -1.75. The molecule has 1 unspecified atom stereocenters. The number of hydrogen-bond acceptors (Lipinski definition) is 4. The van der Waals surface area contributed by atoms with E-state index in [1.54, 1.807) is 25.3 Å². The summed E-state index contributed by atoms with van der Waals surface area (Å²) in [4.78, 5) is 14.5. The lowest BCUT2D eigenvalue weighted by molar-refractivity contribution is -0.00294. The number of hydrogen-bond donors (Lipinski definition) is 1. The van der Waals surface area contributed by atoms with Gasteiger partial charge in [0.15, 0.2) is 0 Å². The minimum atomic E-state index is -0.0213. The van der Waals surface area contributed by atoms with Crippen LogP contribution in [0.4, 0.5) is 5.69 Å². The van der Waals surface area contributed by atoms with Gasteiger partial charge in [-0.15, -0.1) is 0 Å². The third-order valence-corrected chi connectivity index (χ3v) is 3.42. The molecular formula is C14H20N2O3. The first-order chi connectivity index (χ1) is 9.17. The summed E-state index contributed by atoms with van der Waals surface area (Å²) < 4.78 is 10.7. The zero-order chi connectivity index (χ0) is 13.8. The molecule has 1 amide bonds. The number of benzene rings is 1. The quantitative estimate of drug-likeness (QED) is 0.841. The van der Waals surface area contributed by atoms with E-state index in [1.807, 2.05) is 4.90 Å². The van der Waals surface area contributed by atoms with E-state index in [4.69, 9.17) is 15.2 Å². The van der Waals surface area contributed by atoms with E-state index >= 15 is 0 Å². The summed E-state index contributed by atoms with van der Waals surface area (Å²) in [5.41, 5.74) is 6.85. The molecule has 1 saturated heterocycles. The van der Waals surface area contributed by atoms with E-state index in [0.29, 0.717) is 36.8 Å². The maximum atomic E-state index is 12.6. The number of nitrogens with zero attached hydrogens (tertiary/aromatic N) is 1. The Morgan fingerprint density at radius 3 is 3.05 bits per heavy atom. The van der Waals surface area contributed by atoms with Gasteiger partial charge in [-0.25, -0.2) is 0 Å². The Bertz CT molecular complexity index is 462. The van der Waals surface area contributed by atoms with Crippen LogP contribution < -0.4 is 10.5 Å². The highest BCUT2D eigenvalue weighted by Gasteiger charge is 2.28. The molecule has 1 aromatic carbocycles. The molecule has 1 atom stereocenters. The fraction of sp³-hybridized carbons (Fsp3) is 0.500. The average Bonchev–Trinajstić information content (AvgIpc) is 2.46. The maximum Gasteiger partial charge on any atom is 0.258 e. The SMILES string of the molecule is CCC1COCCN1C(=O)c1ccc(N)cc1OC. The molecule has 5 heteroatoms. The molecule has 2 rings (SSSR count). The van der Waals surface area contributed by atoms with Crippen LogP contribution in [0.25, 0.3) is 0 Å². The number of carbonyl (C=O) groups excluding carboxylic acids is 1. The Morgan fingerprint density at radius 2 is 2.37 bits per heavy atom. The van der Waals surface area contributed by atoms with Crippen LogP contribution in [-0.4, -0.2) is 43.7 Å². The van der Waals surface area contributed by atoms with Crippen LogP contribution in [0.2, 0.25) is 0 Å². The van der Waals surface area contributed by atoms with Crippen molar-refractivity contribution < 1.29 is 14.3 Å². The summed E-state index contributed by atoms with van der Waals surface area (Å²) in [7, 11) is 1.54. The molecule has 0 bridgehead atoms. The average molecular weight is 264 g/mol. The van der Waals surface area contributed by atoms with Gasteiger partial charge in [-0.05, 0) is 18.6 Å². The van der Waals surface area contributed by atoms with Crippen LogP contribution >= 0.6 is 0 Å². The van der Waals surface area contributed by atoms with Crippen molar-refractivity contribution in [2.75, 3.05) is 32.6 Å². The van der Waals surface area contributed by atoms with E-state index in [0.717, 1.165) is 6.42 Å². The van der Waals surface area contributed by atoms with Crippen molar-refractivity contribution in [3.05, 3.63) is 23.8 Å². The molecule has 1 aromatic rings. The normalized spacial score (nSPS) is 19.3. The topological polar surface area (TPSA) is 64.8 Å². The lowest BCUT2D eigenvalue weighted by atomic mass is 10.1. The van der Waals surface area contributed by atoms with Gasteiger partial charge in [0.2, 0.25) is 0 Å². The van der Waals surface area contributed by atoms with Crippen LogP contribution in [0, 0.1) is 0 Å². The molecule has 1 heterocycles. The fourth-order valence-electron chi connectivity index (χ4n) is 2.30. The van der Waals surface area contributed by atoms with E-state index < -0.39 is 0 Å². The molecule has 1 aliphatic rings. The van der Waals surface area contributed by atoms with Crippen molar-refractivity contribution >= 4 is 11.6 Å². The highest BCUT2D eigenvalue weighted by molar-refractivity contribution is 5.97. The molecule has 0 spiro atoms. The second-order valence-electron chi connectivity index (χ2n) is 4.60. The number of nitrogen functional groups attached to an aromatic ring is 1. The molecule has 0 saturated carbocycles. The van der Waals surface area contributed by atoms with Crippen LogP contribution in [0.3, 0.4) is 0 Å². The number of anilines is 1. The number of morpholine rings is 1. The summed E-state index contributed by atoms with van der Waals surface area (Å²) in [6, 6.07) is 5.24. The minimum absolute atomic E-state index is 0.0213. The van der Waals surface area contributed by atoms with Gasteiger partial charge in [0.05, 0.1) is 31.9 Å². The number of methoxy groups -OCH3 is 1. The first-order valence-electron chi connectivity index (χ1n) is 6.49. The number of rotatable bonds is 3. The Kier molecular flexibility index (Phi) is 4.27. The molecule has 0 aliphatic carbocycles. The highest BCUT2D eigenvalue weighted by atomic mass is 16.5. The lowest BCUT2D eigenvalue weighted by Gasteiger charge is -2.35. The van der Waals surface area contributed by atoms with Crippen molar-refractivity contribution in [1.29, 1.82) is 0 Å². The fourth-order valence-corrected chi connectivity index (χ4v) is 2.30. The Morgan fingerprint density at radius 1 is 1.58 bits per heavy atom. The van der Waals surface area contributed by atoms with Gasteiger partial charge in [0.1, 0.15) is 5.75 Å². The zero-order valence-electron chi connectivity index (χ0n) is 11.4. The van der Waals surface area contributed by atoms with E-state index in [1.165, 1.54) is 0 Å². The smallest absolute Gasteiger partial charge is 0.258 e. The molecule has 1 aliphatic heterocycles. The van der Waals surface area contributed by atoms with E-state index in [2.05, 4.69) is 6.92 Å². The van der Waals surface area contributed by atoms with Crippen molar-refractivity contribution in [2.24, 2.45) is 0 Å². The largest absolute Gasteiger partial charge is 0.496 e. The van der Waals surface area contributed by atoms with Crippen molar-refractivity contribution in [3.63, 3.8) is 0 Å². The zero-order valence-corrected chi connectivity index (χ0v) is 11.4. The summed E-state index contributed by atoms with van der Waals surface area (Å²) in [5, 5.41) is 0. The van der Waals surface area contributed by atoms with Crippen molar-refractivity contribution in [3.8, 4) is 5.75 Å². The van der Waals surface area contributed by atoms with Crippen LogP contribution in [-0.2, 0) is 4.74 Å². The number of carbonyl (C=O) groups is 1. The third-order valence-electron chi connectivity index (χ3n) is 3.42. The van der Waals surface area contributed by atoms with Gasteiger partial charge in [0.25, 0.3) is 5.91 Å². The lowest BCUT2D eigenvalue weighted by Crippen LogP contribution is -2.48. The van der Waals surface area contributed by atoms with Crippen molar-refractivity contribution in [2.45, 2.75) is 19.4 Å². The summed E-state index contributed by atoms with van der Waals surface area (Å²) >= 11 is 0. The van der Waals surface area contributed by atoms with E-state index in [-0.39, 0.29) is 11.9 Å². The van der Waals surface area contributed by atoms with Crippen molar-refractivity contribution in [1.82, 2.24) is 4.90 Å². The Labute approximate surface area is 113 Å². The second kappa shape index (κ2) is 5.93. The predicted molar refractivity (Wildman–Crippen MR) is 73.3 cm³/mol. The standard InChI is InChI=1S/C14H20N2O3/c1-3-11-9-19-7-6-16(11)14(17)12-5-4-10(15)8-13(12)18-2/h4-5,8,11H,3,6-7,9,15H2,1-2H3. The van der Waals surface area contributed by atoms with Gasteiger partial charge in [-0.1, -0.05) is 6.92 Å². The van der Waals surface area contributed by atoms with Gasteiger partial charge < -0.3 is 20.1 Å². The molecule has 104 valence electrons. The summed E-state index contributed by atoms with van der Waals surface area (Å²) in [6.07, 6.45) is 0.878. The summed E-state index contributed by atoms with van der Waals surface area (Å²) in [6.45, 7) is 3.85. The third kappa shape index (κ3) is 2.81. The maximum absolute atomic E-state index is 12.6. The summed E-state index contributed by atoms with van der Waals surface area (Å²) in [5.74, 6) is 0.498. The van der Waals surface area contributed by atoms with Gasteiger partial charge in [-0.2, -0.15) is 0 Å². The minimum Gasteiger partial charge on any atom is -0.496 e. The number of ether oxygens (including phenoxy) is 2. The predicted octanol–water partition coefficient (Wildman–Crippen LogP) is 1.53. The second-order valence-corrected chi connectivity index (χ2v) is 4.60. The van der Waals surface area contributed by atoms with Gasteiger partial charge >= 0.3 is 0 Å². The van der Waals surface area contributed by atoms with E-state index in [9.17, 15) is 4.79 Å². The Balaban J connectivity index is 2.27. The number of nitrogens with two attached hydrogens (primary N) is 1. The van der Waals surface area contributed by atoms with Crippen LogP contribution in [0.1, 0.15) is 23.7 Å². The first-order valence-corrected chi connectivity index (χ1v) is 6.49. The van der Waals surface area contributed by atoms with Gasteiger partial charge in [0, 0.05) is 18.3 Å². The highest BCUT2D eigenvalue weighted by Crippen LogP contribution is 2.25. The molecule has 2 N–H and O–H groups in total. The van der Waals surface area contributed by atoms with Crippen LogP contribution in [0.15, 0.2) is 18.2 Å². The number of amides is 1. The molecular weight excluding hydrogens is 244 g/mol. The molecule has 19 heavy (non-hydrogen) atoms. The molecule has 0 aromatic heterocycles. The van der Waals surface area contributed by atoms with Gasteiger partial charge in [-0.3, -0.25) is 4.79 Å². The molecule has 5 nitrogen and oxygen atoms in total. The molecule has 1 fully saturated rings. The van der Waals surface area contributed by atoms with Crippen LogP contribution in [0.5, 0.6) is 5.75 Å².